The second-order valence-electron chi connectivity index (χ2n) is 8.11. The summed E-state index contributed by atoms with van der Waals surface area (Å²) in [5.74, 6) is -1.01. The molecule has 0 saturated carbocycles. The van der Waals surface area contributed by atoms with Gasteiger partial charge in [0, 0.05) is 26.6 Å². The lowest BCUT2D eigenvalue weighted by Crippen LogP contribution is -2.54. The molecule has 3 N–H and O–H groups in total. The van der Waals surface area contributed by atoms with Crippen LogP contribution in [0.5, 0.6) is 0 Å². The minimum atomic E-state index is -4.80. The number of likely N-dealkylation sites (tertiary alicyclic amines) is 1. The van der Waals surface area contributed by atoms with E-state index in [9.17, 15) is 27.9 Å². The van der Waals surface area contributed by atoms with E-state index in [2.05, 4.69) is 4.99 Å². The van der Waals surface area contributed by atoms with Gasteiger partial charge in [-0.15, -0.1) is 0 Å². The van der Waals surface area contributed by atoms with Crippen molar-refractivity contribution in [2.75, 3.05) is 26.7 Å². The number of rotatable bonds is 6. The lowest BCUT2D eigenvalue weighted by Gasteiger charge is -2.40. The van der Waals surface area contributed by atoms with E-state index in [0.717, 1.165) is 23.8 Å². The summed E-state index contributed by atoms with van der Waals surface area (Å²) in [5, 5.41) is 20.7. The molecular weight excluding hydrogens is 439 g/mol. The van der Waals surface area contributed by atoms with Crippen molar-refractivity contribution in [2.45, 2.75) is 37.5 Å². The van der Waals surface area contributed by atoms with E-state index in [1.165, 1.54) is 0 Å². The highest BCUT2D eigenvalue weighted by Crippen LogP contribution is 2.29. The van der Waals surface area contributed by atoms with E-state index in [1.807, 2.05) is 35.6 Å². The number of aryl methyl sites for hydroxylation is 1. The number of halogens is 3. The highest BCUT2D eigenvalue weighted by Gasteiger charge is 2.42. The number of carbonyl (C=O) groups excluding carboxylic acids is 2. The number of hydrogen-bond acceptors (Lipinski definition) is 6. The average molecular weight is 465 g/mol. The fraction of sp³-hybridized carbons (Fsp3) is 0.455. The van der Waals surface area contributed by atoms with E-state index < -0.39 is 34.8 Å². The molecule has 1 saturated heterocycles. The summed E-state index contributed by atoms with van der Waals surface area (Å²) in [4.78, 5) is 31.3. The summed E-state index contributed by atoms with van der Waals surface area (Å²) in [6, 6.07) is 9.63. The molecule has 11 heteroatoms. The van der Waals surface area contributed by atoms with Crippen LogP contribution in [0.2, 0.25) is 0 Å². The molecule has 33 heavy (non-hydrogen) atoms. The number of alkyl halides is 3. The molecule has 0 radical (unpaired) electrons. The molecule has 2 heterocycles. The lowest BCUT2D eigenvalue weighted by molar-refractivity contribution is -0.137. The first-order valence-electron chi connectivity index (χ1n) is 10.5. The topological polar surface area (TPSA) is 109 Å². The van der Waals surface area contributed by atoms with Crippen LogP contribution in [0.1, 0.15) is 24.8 Å². The molecule has 2 aliphatic heterocycles. The van der Waals surface area contributed by atoms with Crippen molar-refractivity contribution >= 4 is 23.9 Å². The predicted molar refractivity (Wildman–Crippen MR) is 116 cm³/mol. The van der Waals surface area contributed by atoms with Gasteiger partial charge in [-0.1, -0.05) is 30.3 Å². The van der Waals surface area contributed by atoms with Gasteiger partial charge in [0.25, 0.3) is 5.91 Å². The maximum atomic E-state index is 13.1. The van der Waals surface area contributed by atoms with Gasteiger partial charge < -0.3 is 15.3 Å². The second-order valence-corrected chi connectivity index (χ2v) is 8.11. The van der Waals surface area contributed by atoms with Gasteiger partial charge in [0.1, 0.15) is 17.1 Å². The third-order valence-corrected chi connectivity index (χ3v) is 5.79. The molecule has 0 bridgehead atoms. The molecule has 0 aliphatic carbocycles. The van der Waals surface area contributed by atoms with E-state index in [1.54, 1.807) is 4.90 Å². The molecule has 0 spiro atoms. The van der Waals surface area contributed by atoms with Crippen LogP contribution in [0.25, 0.3) is 0 Å². The van der Waals surface area contributed by atoms with E-state index >= 15 is 0 Å². The Hall–Kier alpha value is -3.21. The van der Waals surface area contributed by atoms with Crippen molar-refractivity contribution in [1.29, 1.82) is 5.41 Å². The van der Waals surface area contributed by atoms with Gasteiger partial charge in [0.2, 0.25) is 5.91 Å². The smallest absolute Gasteiger partial charge is 0.388 e. The maximum Gasteiger partial charge on any atom is 0.433 e. The molecule has 1 aromatic rings. The van der Waals surface area contributed by atoms with Crippen LogP contribution in [-0.4, -0.2) is 77.2 Å². The Bertz CT molecular complexity index is 967. The average Bonchev–Trinajstić information content (AvgIpc) is 2.77. The highest BCUT2D eigenvalue weighted by atomic mass is 19.4. The summed E-state index contributed by atoms with van der Waals surface area (Å²) < 4.78 is 39.3. The van der Waals surface area contributed by atoms with Crippen molar-refractivity contribution in [3.8, 4) is 0 Å². The van der Waals surface area contributed by atoms with Crippen LogP contribution < -0.4 is 5.32 Å². The first-order chi connectivity index (χ1) is 15.5. The third-order valence-electron chi connectivity index (χ3n) is 5.79. The van der Waals surface area contributed by atoms with Gasteiger partial charge in [-0.05, 0) is 24.8 Å². The molecule has 1 fully saturated rings. The summed E-state index contributed by atoms with van der Waals surface area (Å²) in [7, 11) is 1.03. The minimum Gasteiger partial charge on any atom is -0.388 e. The van der Waals surface area contributed by atoms with Crippen LogP contribution in [0.4, 0.5) is 13.2 Å². The maximum absolute atomic E-state index is 13.1. The summed E-state index contributed by atoms with van der Waals surface area (Å²) in [5.41, 5.74) is -3.26. The quantitative estimate of drug-likeness (QED) is 0.596. The Morgan fingerprint density at radius 2 is 1.88 bits per heavy atom. The van der Waals surface area contributed by atoms with Crippen LogP contribution in [0, 0.1) is 5.41 Å². The number of nitrogens with zero attached hydrogens (tertiary/aromatic N) is 3. The van der Waals surface area contributed by atoms with Gasteiger partial charge in [0.15, 0.2) is 0 Å². The molecular formula is C22H26F3N5O3. The predicted octanol–water partition coefficient (Wildman–Crippen LogP) is 1.86. The van der Waals surface area contributed by atoms with Crippen LogP contribution in [0.15, 0.2) is 46.7 Å². The number of carbonyl (C=O) groups is 2. The normalized spacial score (nSPS) is 20.2. The fourth-order valence-corrected chi connectivity index (χ4v) is 3.89. The van der Waals surface area contributed by atoms with Crippen LogP contribution >= 0.6 is 0 Å². The van der Waals surface area contributed by atoms with Crippen LogP contribution in [0.3, 0.4) is 0 Å². The lowest BCUT2D eigenvalue weighted by atomic mass is 9.90. The Morgan fingerprint density at radius 3 is 2.45 bits per heavy atom. The molecule has 2 amide bonds. The minimum absolute atomic E-state index is 0.0279. The zero-order chi connectivity index (χ0) is 24.2. The SMILES string of the molecule is CN/C(=C1/N=CN(CC2(O)CCN(C(=O)CCc3ccccc3)CC2)C(=O)C1=N)C(F)(F)F. The fourth-order valence-electron chi connectivity index (χ4n) is 3.89. The van der Waals surface area contributed by atoms with E-state index in [4.69, 9.17) is 5.41 Å². The number of allylic oxidation sites excluding steroid dienone is 1. The van der Waals surface area contributed by atoms with Gasteiger partial charge in [-0.25, -0.2) is 4.99 Å². The van der Waals surface area contributed by atoms with Crippen molar-refractivity contribution in [3.05, 3.63) is 47.3 Å². The molecule has 178 valence electrons. The van der Waals surface area contributed by atoms with Gasteiger partial charge in [0.05, 0.1) is 18.5 Å². The second kappa shape index (κ2) is 9.74. The van der Waals surface area contributed by atoms with Crippen LogP contribution in [-0.2, 0) is 16.0 Å². The number of amides is 2. The summed E-state index contributed by atoms with van der Waals surface area (Å²) >= 11 is 0. The van der Waals surface area contributed by atoms with Gasteiger partial charge in [-0.2, -0.15) is 13.2 Å². The number of aliphatic hydroxyl groups is 1. The summed E-state index contributed by atoms with van der Waals surface area (Å²) in [6.07, 6.45) is -2.53. The highest BCUT2D eigenvalue weighted by molar-refractivity contribution is 6.46. The monoisotopic (exact) mass is 465 g/mol. The Balaban J connectivity index is 1.59. The van der Waals surface area contributed by atoms with E-state index in [-0.39, 0.29) is 25.3 Å². The number of benzene rings is 1. The zero-order valence-electron chi connectivity index (χ0n) is 18.2. The Morgan fingerprint density at radius 1 is 1.24 bits per heavy atom. The number of piperidine rings is 1. The largest absolute Gasteiger partial charge is 0.433 e. The number of β-amino-alcohol motifs (C(OH)–C–C–N with tert-alkyl or cyclic N) is 1. The van der Waals surface area contributed by atoms with Gasteiger partial charge in [-0.3, -0.25) is 19.9 Å². The molecule has 0 unspecified atom stereocenters. The molecule has 0 atom stereocenters. The number of hydrogen-bond donors (Lipinski definition) is 3. The molecule has 1 aromatic carbocycles. The summed E-state index contributed by atoms with van der Waals surface area (Å²) in [6.45, 7) is 0.367. The molecule has 2 aliphatic rings. The first kappa shape index (κ1) is 24.4. The molecule has 8 nitrogen and oxygen atoms in total. The van der Waals surface area contributed by atoms with Crippen molar-refractivity contribution < 1.29 is 27.9 Å². The zero-order valence-corrected chi connectivity index (χ0v) is 18.2. The van der Waals surface area contributed by atoms with Crippen molar-refractivity contribution in [1.82, 2.24) is 15.1 Å². The third kappa shape index (κ3) is 5.78. The van der Waals surface area contributed by atoms with Crippen molar-refractivity contribution in [2.24, 2.45) is 4.99 Å². The van der Waals surface area contributed by atoms with Gasteiger partial charge >= 0.3 is 6.18 Å². The Kier molecular flexibility index (Phi) is 7.21. The first-order valence-corrected chi connectivity index (χ1v) is 10.5. The Labute approximate surface area is 189 Å². The van der Waals surface area contributed by atoms with Crippen molar-refractivity contribution in [3.63, 3.8) is 0 Å². The number of nitrogens with one attached hydrogen (secondary N) is 2. The van der Waals surface area contributed by atoms with E-state index in [0.29, 0.717) is 25.9 Å². The number of aliphatic imine (C=N–C) groups is 1. The molecule has 0 aromatic heterocycles. The molecule has 3 rings (SSSR count). The standard InChI is InChI=1S/C22H26F3N5O3/c1-27-19(22(23,24)25)18-17(26)20(32)30(14-28-18)13-21(33)9-11-29(12-10-21)16(31)8-7-15-5-3-2-4-6-15/h2-6,14,26-27,33H,7-13H2,1H3/b19-18+,26-17?.